The van der Waals surface area contributed by atoms with E-state index in [9.17, 15) is 0 Å². The van der Waals surface area contributed by atoms with E-state index >= 15 is 0 Å². The normalized spacial score (nSPS) is 21.3. The summed E-state index contributed by atoms with van der Waals surface area (Å²) in [4.78, 5) is 5.29. The van der Waals surface area contributed by atoms with Crippen molar-refractivity contribution in [2.24, 2.45) is 0 Å². The van der Waals surface area contributed by atoms with E-state index in [1.165, 1.54) is 35.2 Å². The number of rotatable bonds is 5. The highest BCUT2D eigenvalue weighted by molar-refractivity contribution is 5.63. The van der Waals surface area contributed by atoms with Gasteiger partial charge in [-0.15, -0.1) is 0 Å². The number of nitrogens with zero attached hydrogens (tertiary/aromatic N) is 2. The molecule has 2 unspecified atom stereocenters. The summed E-state index contributed by atoms with van der Waals surface area (Å²) in [5.41, 5.74) is 5.31. The van der Waals surface area contributed by atoms with Crippen LogP contribution in [0.5, 0.6) is 5.75 Å². The molecule has 0 aliphatic carbocycles. The average Bonchev–Trinajstić information content (AvgIpc) is 3.01. The molecule has 148 valence electrons. The Morgan fingerprint density at radius 3 is 2.00 bits per heavy atom. The molecule has 2 heterocycles. The Balaban J connectivity index is 1.26. The number of hydrogen-bond donors (Lipinski definition) is 0. The van der Waals surface area contributed by atoms with Gasteiger partial charge < -0.3 is 9.64 Å². The Hall–Kier alpha value is -2.78. The maximum Gasteiger partial charge on any atom is 0.119 e. The third-order valence-corrected chi connectivity index (χ3v) is 6.50. The van der Waals surface area contributed by atoms with Crippen LogP contribution >= 0.6 is 0 Å². The predicted octanol–water partition coefficient (Wildman–Crippen LogP) is 5.22. The maximum absolute atomic E-state index is 5.30. The number of benzene rings is 3. The summed E-state index contributed by atoms with van der Waals surface area (Å²) in [6.45, 7) is 3.29. The van der Waals surface area contributed by atoms with E-state index in [1.807, 2.05) is 0 Å². The van der Waals surface area contributed by atoms with E-state index < -0.39 is 0 Å². The molecule has 0 radical (unpaired) electrons. The molecule has 0 saturated carbocycles. The standard InChI is InChI=1S/C26H28N2O/c1-29-26-15-13-23(14-16-26)27-18-24-11-12-25(19-27)28(24)17-20-7-9-22(10-8-20)21-5-3-2-4-6-21/h2-10,13-16,24-25H,11-12,17-19H2,1H3. The summed E-state index contributed by atoms with van der Waals surface area (Å²) < 4.78 is 5.30. The van der Waals surface area contributed by atoms with Crippen LogP contribution in [0, 0.1) is 0 Å². The highest BCUT2D eigenvalue weighted by atomic mass is 16.5. The van der Waals surface area contributed by atoms with Gasteiger partial charge in [0.05, 0.1) is 7.11 Å². The second kappa shape index (κ2) is 7.92. The van der Waals surface area contributed by atoms with Gasteiger partial charge in [-0.1, -0.05) is 54.6 Å². The van der Waals surface area contributed by atoms with Crippen LogP contribution in [0.2, 0.25) is 0 Å². The zero-order valence-corrected chi connectivity index (χ0v) is 17.0. The Morgan fingerprint density at radius 1 is 0.759 bits per heavy atom. The lowest BCUT2D eigenvalue weighted by molar-refractivity contribution is 0.160. The van der Waals surface area contributed by atoms with E-state index in [0.717, 1.165) is 25.4 Å². The fraction of sp³-hybridized carbons (Fsp3) is 0.308. The van der Waals surface area contributed by atoms with Crippen LogP contribution in [0.15, 0.2) is 78.9 Å². The highest BCUT2D eigenvalue weighted by Gasteiger charge is 2.39. The van der Waals surface area contributed by atoms with Gasteiger partial charge in [-0.05, 0) is 53.8 Å². The molecule has 2 saturated heterocycles. The van der Waals surface area contributed by atoms with Crippen molar-refractivity contribution in [3.05, 3.63) is 84.4 Å². The molecule has 29 heavy (non-hydrogen) atoms. The third kappa shape index (κ3) is 3.75. The Morgan fingerprint density at radius 2 is 1.38 bits per heavy atom. The van der Waals surface area contributed by atoms with E-state index in [2.05, 4.69) is 88.7 Å². The molecular formula is C26H28N2O. The molecule has 2 aliphatic rings. The van der Waals surface area contributed by atoms with Gasteiger partial charge in [0.15, 0.2) is 0 Å². The second-order valence-corrected chi connectivity index (χ2v) is 8.22. The largest absolute Gasteiger partial charge is 0.497 e. The minimum atomic E-state index is 0.643. The molecule has 2 fully saturated rings. The lowest BCUT2D eigenvalue weighted by atomic mass is 10.0. The molecule has 5 rings (SSSR count). The molecule has 0 N–H and O–H groups in total. The van der Waals surface area contributed by atoms with Crippen LogP contribution in [-0.4, -0.2) is 37.2 Å². The van der Waals surface area contributed by atoms with Crippen molar-refractivity contribution < 1.29 is 4.74 Å². The van der Waals surface area contributed by atoms with Crippen molar-refractivity contribution in [2.75, 3.05) is 25.1 Å². The van der Waals surface area contributed by atoms with Crippen LogP contribution in [0.1, 0.15) is 18.4 Å². The topological polar surface area (TPSA) is 15.7 Å². The summed E-state index contributed by atoms with van der Waals surface area (Å²) in [5.74, 6) is 0.925. The van der Waals surface area contributed by atoms with Crippen molar-refractivity contribution in [2.45, 2.75) is 31.5 Å². The van der Waals surface area contributed by atoms with Crippen molar-refractivity contribution in [3.63, 3.8) is 0 Å². The first kappa shape index (κ1) is 18.3. The van der Waals surface area contributed by atoms with Crippen LogP contribution < -0.4 is 9.64 Å². The molecule has 2 atom stereocenters. The summed E-state index contributed by atoms with van der Waals surface area (Å²) in [7, 11) is 1.72. The van der Waals surface area contributed by atoms with E-state index in [1.54, 1.807) is 7.11 Å². The number of fused-ring (bicyclic) bond motifs is 2. The van der Waals surface area contributed by atoms with Crippen molar-refractivity contribution in [1.29, 1.82) is 0 Å². The van der Waals surface area contributed by atoms with E-state index in [-0.39, 0.29) is 0 Å². The SMILES string of the molecule is COc1ccc(N2CC3CCC(C2)N3Cc2ccc(-c3ccccc3)cc2)cc1. The average molecular weight is 385 g/mol. The first-order valence-corrected chi connectivity index (χ1v) is 10.6. The summed E-state index contributed by atoms with van der Waals surface area (Å²) in [5, 5.41) is 0. The van der Waals surface area contributed by atoms with Gasteiger partial charge in [-0.25, -0.2) is 0 Å². The van der Waals surface area contributed by atoms with Crippen LogP contribution in [-0.2, 0) is 6.54 Å². The summed E-state index contributed by atoms with van der Waals surface area (Å²) in [6.07, 6.45) is 2.61. The number of methoxy groups -OCH3 is 1. The Kier molecular flexibility index (Phi) is 4.99. The van der Waals surface area contributed by atoms with Crippen LogP contribution in [0.25, 0.3) is 11.1 Å². The van der Waals surface area contributed by atoms with Gasteiger partial charge in [0.25, 0.3) is 0 Å². The van der Waals surface area contributed by atoms with Crippen molar-refractivity contribution in [3.8, 4) is 16.9 Å². The predicted molar refractivity (Wildman–Crippen MR) is 119 cm³/mol. The Labute approximate surface area is 173 Å². The molecule has 3 aromatic rings. The quantitative estimate of drug-likeness (QED) is 0.600. The van der Waals surface area contributed by atoms with E-state index in [4.69, 9.17) is 4.74 Å². The minimum Gasteiger partial charge on any atom is -0.497 e. The molecule has 3 heteroatoms. The molecule has 2 bridgehead atoms. The Bertz CT molecular complexity index is 923. The monoisotopic (exact) mass is 384 g/mol. The maximum atomic E-state index is 5.30. The van der Waals surface area contributed by atoms with Gasteiger partial charge in [-0.3, -0.25) is 4.90 Å². The zero-order chi connectivity index (χ0) is 19.6. The van der Waals surface area contributed by atoms with Gasteiger partial charge >= 0.3 is 0 Å². The molecule has 0 amide bonds. The molecule has 3 aromatic carbocycles. The smallest absolute Gasteiger partial charge is 0.119 e. The molecule has 3 nitrogen and oxygen atoms in total. The first-order chi connectivity index (χ1) is 14.3. The second-order valence-electron chi connectivity index (χ2n) is 8.22. The summed E-state index contributed by atoms with van der Waals surface area (Å²) >= 11 is 0. The zero-order valence-electron chi connectivity index (χ0n) is 17.0. The number of piperazine rings is 1. The van der Waals surface area contributed by atoms with Gasteiger partial charge in [0, 0.05) is 37.4 Å². The fourth-order valence-electron chi connectivity index (χ4n) is 4.90. The van der Waals surface area contributed by atoms with Crippen molar-refractivity contribution in [1.82, 2.24) is 4.90 Å². The molecular weight excluding hydrogens is 356 g/mol. The first-order valence-electron chi connectivity index (χ1n) is 10.6. The van der Waals surface area contributed by atoms with Crippen molar-refractivity contribution >= 4 is 5.69 Å². The number of ether oxygens (including phenoxy) is 1. The minimum absolute atomic E-state index is 0.643. The van der Waals surface area contributed by atoms with Crippen LogP contribution in [0.3, 0.4) is 0 Å². The number of hydrogen-bond acceptors (Lipinski definition) is 3. The molecule has 2 aliphatic heterocycles. The third-order valence-electron chi connectivity index (χ3n) is 6.50. The molecule has 0 spiro atoms. The highest BCUT2D eigenvalue weighted by Crippen LogP contribution is 2.34. The number of anilines is 1. The van der Waals surface area contributed by atoms with Crippen LogP contribution in [0.4, 0.5) is 5.69 Å². The summed E-state index contributed by atoms with van der Waals surface area (Å²) in [6, 6.07) is 29.6. The van der Waals surface area contributed by atoms with Gasteiger partial charge in [-0.2, -0.15) is 0 Å². The van der Waals surface area contributed by atoms with Gasteiger partial charge in [0.1, 0.15) is 5.75 Å². The van der Waals surface area contributed by atoms with E-state index in [0.29, 0.717) is 12.1 Å². The fourth-order valence-corrected chi connectivity index (χ4v) is 4.90. The lowest BCUT2D eigenvalue weighted by Gasteiger charge is -2.42. The molecule has 0 aromatic heterocycles. The van der Waals surface area contributed by atoms with Gasteiger partial charge in [0.2, 0.25) is 0 Å². The lowest BCUT2D eigenvalue weighted by Crippen LogP contribution is -2.53.